The van der Waals surface area contributed by atoms with Crippen molar-refractivity contribution in [3.05, 3.63) is 89.2 Å². The number of carbonyl (C=O) groups excluding carboxylic acids is 2. The number of nitrogens with zero attached hydrogens (tertiary/aromatic N) is 2. The molecule has 0 aliphatic heterocycles. The zero-order chi connectivity index (χ0) is 22.2. The highest BCUT2D eigenvalue weighted by atomic mass is 35.5. The van der Waals surface area contributed by atoms with Crippen molar-refractivity contribution < 1.29 is 14.3 Å². The SMILES string of the molecule is CN(Cc1ccc(Cl)nc1)C(=O)C[C@@H](NC(N)=O)c1cccc(Oc2ccccc2)c1. The standard InChI is InChI=1S/C23H23ClN4O3/c1-28(15-16-10-11-21(24)26-14-16)22(29)13-20(27-23(25)30)17-6-5-9-19(12-17)31-18-7-3-2-4-8-18/h2-12,14,20H,13,15H2,1H3,(H3,25,27,30)/t20-/m1/s1. The lowest BCUT2D eigenvalue weighted by molar-refractivity contribution is -0.130. The smallest absolute Gasteiger partial charge is 0.312 e. The van der Waals surface area contributed by atoms with Gasteiger partial charge in [-0.25, -0.2) is 9.78 Å². The number of para-hydroxylation sites is 1. The maximum Gasteiger partial charge on any atom is 0.312 e. The van der Waals surface area contributed by atoms with Crippen molar-refractivity contribution >= 4 is 23.5 Å². The third kappa shape index (κ3) is 6.72. The van der Waals surface area contributed by atoms with E-state index in [1.807, 2.05) is 42.5 Å². The first-order valence-electron chi connectivity index (χ1n) is 9.64. The average molecular weight is 439 g/mol. The minimum absolute atomic E-state index is 0.0370. The predicted molar refractivity (Wildman–Crippen MR) is 119 cm³/mol. The zero-order valence-corrected chi connectivity index (χ0v) is 17.8. The van der Waals surface area contributed by atoms with Crippen molar-refractivity contribution in [3.8, 4) is 11.5 Å². The summed E-state index contributed by atoms with van der Waals surface area (Å²) in [7, 11) is 1.69. The Morgan fingerprint density at radius 2 is 1.84 bits per heavy atom. The van der Waals surface area contributed by atoms with Crippen molar-refractivity contribution in [2.24, 2.45) is 5.73 Å². The number of aromatic nitrogens is 1. The molecule has 3 rings (SSSR count). The number of ether oxygens (including phenoxy) is 1. The van der Waals surface area contributed by atoms with Gasteiger partial charge in [0.25, 0.3) is 0 Å². The fraction of sp³-hybridized carbons (Fsp3) is 0.174. The Bertz CT molecular complexity index is 1030. The number of hydrogen-bond donors (Lipinski definition) is 2. The number of hydrogen-bond acceptors (Lipinski definition) is 4. The molecule has 1 heterocycles. The van der Waals surface area contributed by atoms with Crippen LogP contribution in [0.4, 0.5) is 4.79 Å². The van der Waals surface area contributed by atoms with Crippen molar-refractivity contribution in [3.63, 3.8) is 0 Å². The maximum atomic E-state index is 12.8. The van der Waals surface area contributed by atoms with Gasteiger partial charge in [0.2, 0.25) is 5.91 Å². The number of amides is 3. The predicted octanol–water partition coefficient (Wildman–Crippen LogP) is 4.29. The molecule has 0 saturated heterocycles. The van der Waals surface area contributed by atoms with Crippen LogP contribution in [-0.4, -0.2) is 28.9 Å². The first kappa shape index (κ1) is 22.1. The lowest BCUT2D eigenvalue weighted by Gasteiger charge is -2.23. The summed E-state index contributed by atoms with van der Waals surface area (Å²) in [4.78, 5) is 30.0. The van der Waals surface area contributed by atoms with Gasteiger partial charge in [0, 0.05) is 19.8 Å². The summed E-state index contributed by atoms with van der Waals surface area (Å²) in [6.07, 6.45) is 1.66. The van der Waals surface area contributed by atoms with Gasteiger partial charge in [0.05, 0.1) is 12.5 Å². The van der Waals surface area contributed by atoms with Crippen molar-refractivity contribution in [2.45, 2.75) is 19.0 Å². The van der Waals surface area contributed by atoms with Crippen LogP contribution in [0, 0.1) is 0 Å². The maximum absolute atomic E-state index is 12.8. The van der Waals surface area contributed by atoms with Gasteiger partial charge >= 0.3 is 6.03 Å². The summed E-state index contributed by atoms with van der Waals surface area (Å²) < 4.78 is 5.86. The fourth-order valence-electron chi connectivity index (χ4n) is 3.04. The van der Waals surface area contributed by atoms with Gasteiger partial charge in [-0.2, -0.15) is 0 Å². The Morgan fingerprint density at radius 3 is 2.52 bits per heavy atom. The van der Waals surface area contributed by atoms with Crippen molar-refractivity contribution in [1.29, 1.82) is 0 Å². The summed E-state index contributed by atoms with van der Waals surface area (Å²) in [6.45, 7) is 0.365. The molecule has 31 heavy (non-hydrogen) atoms. The molecule has 8 heteroatoms. The summed E-state index contributed by atoms with van der Waals surface area (Å²) in [5.74, 6) is 1.11. The molecule has 0 aliphatic carbocycles. The second kappa shape index (κ2) is 10.4. The van der Waals surface area contributed by atoms with Crippen molar-refractivity contribution in [2.75, 3.05) is 7.05 Å². The molecule has 0 saturated carbocycles. The van der Waals surface area contributed by atoms with Gasteiger partial charge in [-0.1, -0.05) is 48.0 Å². The lowest BCUT2D eigenvalue weighted by atomic mass is 10.0. The monoisotopic (exact) mass is 438 g/mol. The Morgan fingerprint density at radius 1 is 1.10 bits per heavy atom. The normalized spacial score (nSPS) is 11.4. The van der Waals surface area contributed by atoms with E-state index in [1.54, 1.807) is 42.4 Å². The Hall–Kier alpha value is -3.58. The number of nitrogens with two attached hydrogens (primary N) is 1. The highest BCUT2D eigenvalue weighted by Gasteiger charge is 2.21. The molecule has 0 fully saturated rings. The minimum Gasteiger partial charge on any atom is -0.457 e. The third-order valence-electron chi connectivity index (χ3n) is 4.57. The number of nitrogens with one attached hydrogen (secondary N) is 1. The number of urea groups is 1. The quantitative estimate of drug-likeness (QED) is 0.513. The van der Waals surface area contributed by atoms with Crippen LogP contribution in [0.2, 0.25) is 5.15 Å². The van der Waals surface area contributed by atoms with Crippen LogP contribution in [0.25, 0.3) is 0 Å². The Balaban J connectivity index is 1.72. The van der Waals surface area contributed by atoms with Crippen LogP contribution >= 0.6 is 11.6 Å². The van der Waals surface area contributed by atoms with E-state index >= 15 is 0 Å². The third-order valence-corrected chi connectivity index (χ3v) is 4.79. The number of primary amides is 1. The molecule has 3 aromatic rings. The van der Waals surface area contributed by atoms with Gasteiger partial charge in [-0.3, -0.25) is 4.79 Å². The van der Waals surface area contributed by atoms with Crippen LogP contribution < -0.4 is 15.8 Å². The van der Waals surface area contributed by atoms with Crippen LogP contribution in [0.5, 0.6) is 11.5 Å². The molecular weight excluding hydrogens is 416 g/mol. The van der Waals surface area contributed by atoms with Gasteiger partial charge < -0.3 is 20.7 Å². The Kier molecular flexibility index (Phi) is 7.45. The molecule has 160 valence electrons. The van der Waals surface area contributed by atoms with E-state index in [9.17, 15) is 9.59 Å². The topological polar surface area (TPSA) is 97.5 Å². The number of halogens is 1. The highest BCUT2D eigenvalue weighted by molar-refractivity contribution is 6.29. The van der Waals surface area contributed by atoms with E-state index in [1.165, 1.54) is 0 Å². The van der Waals surface area contributed by atoms with E-state index < -0.39 is 12.1 Å². The summed E-state index contributed by atoms with van der Waals surface area (Å²) in [5.41, 5.74) is 6.91. The van der Waals surface area contributed by atoms with Gasteiger partial charge in [0.15, 0.2) is 0 Å². The second-order valence-electron chi connectivity index (χ2n) is 6.99. The largest absolute Gasteiger partial charge is 0.457 e. The van der Waals surface area contributed by atoms with Crippen LogP contribution in [0.1, 0.15) is 23.6 Å². The van der Waals surface area contributed by atoms with E-state index in [4.69, 9.17) is 22.1 Å². The van der Waals surface area contributed by atoms with Gasteiger partial charge in [-0.05, 0) is 41.5 Å². The highest BCUT2D eigenvalue weighted by Crippen LogP contribution is 2.26. The average Bonchev–Trinajstić information content (AvgIpc) is 2.75. The molecule has 0 bridgehead atoms. The molecule has 0 radical (unpaired) electrons. The number of pyridine rings is 1. The molecule has 2 aromatic carbocycles. The van der Waals surface area contributed by atoms with Crippen LogP contribution in [0.3, 0.4) is 0 Å². The lowest BCUT2D eigenvalue weighted by Crippen LogP contribution is -2.37. The van der Waals surface area contributed by atoms with Gasteiger partial charge in [-0.15, -0.1) is 0 Å². The summed E-state index contributed by atoms with van der Waals surface area (Å²) in [6, 6.07) is 18.7. The van der Waals surface area contributed by atoms with Crippen LogP contribution in [0.15, 0.2) is 72.9 Å². The van der Waals surface area contributed by atoms with E-state index in [0.717, 1.165) is 5.56 Å². The van der Waals surface area contributed by atoms with E-state index in [0.29, 0.717) is 28.8 Å². The first-order valence-corrected chi connectivity index (χ1v) is 10.0. The number of rotatable bonds is 8. The molecule has 7 nitrogen and oxygen atoms in total. The molecule has 1 aromatic heterocycles. The molecule has 0 spiro atoms. The molecule has 3 N–H and O–H groups in total. The fourth-order valence-corrected chi connectivity index (χ4v) is 3.15. The van der Waals surface area contributed by atoms with Gasteiger partial charge in [0.1, 0.15) is 16.7 Å². The molecule has 0 unspecified atom stereocenters. The van der Waals surface area contributed by atoms with Crippen LogP contribution in [-0.2, 0) is 11.3 Å². The minimum atomic E-state index is -0.711. The molecule has 1 atom stereocenters. The van der Waals surface area contributed by atoms with E-state index in [2.05, 4.69) is 10.3 Å². The summed E-state index contributed by atoms with van der Waals surface area (Å²) >= 11 is 5.81. The molecule has 0 aliphatic rings. The number of benzene rings is 2. The first-order chi connectivity index (χ1) is 14.9. The van der Waals surface area contributed by atoms with E-state index in [-0.39, 0.29) is 12.3 Å². The number of carbonyl (C=O) groups is 2. The Labute approximate surface area is 185 Å². The summed E-state index contributed by atoms with van der Waals surface area (Å²) in [5, 5.41) is 3.04. The molecule has 3 amide bonds. The second-order valence-corrected chi connectivity index (χ2v) is 7.38. The van der Waals surface area contributed by atoms with Crippen molar-refractivity contribution in [1.82, 2.24) is 15.2 Å². The zero-order valence-electron chi connectivity index (χ0n) is 17.0. The molecular formula is C23H23ClN4O3.